The summed E-state index contributed by atoms with van der Waals surface area (Å²) in [6.45, 7) is 2.76. The summed E-state index contributed by atoms with van der Waals surface area (Å²) in [6, 6.07) is -0.508. The first-order valence-electron chi connectivity index (χ1n) is 9.46. The SMILES string of the molecule is CCOC(=O)C(CCCCNC=C1C=CC=CC1=O)NC=C1C=CC=CC1=O.[Cu]. The van der Waals surface area contributed by atoms with Crippen LogP contribution in [0.3, 0.4) is 0 Å². The van der Waals surface area contributed by atoms with E-state index in [4.69, 9.17) is 4.74 Å². The standard InChI is InChI=1S/C22H26N2O4.Cu/c1-2-28-22(27)19(24-16-18-10-4-6-13-21(18)26)11-7-8-14-23-15-17-9-3-5-12-20(17)25;/h3-6,9-10,12-13,15-16,19,23-24H,2,7-8,11,14H2,1H3;. The number of ether oxygens (including phenoxy) is 1. The third-order valence-electron chi connectivity index (χ3n) is 4.17. The summed E-state index contributed by atoms with van der Waals surface area (Å²) >= 11 is 0. The van der Waals surface area contributed by atoms with Crippen molar-refractivity contribution in [1.29, 1.82) is 0 Å². The molecule has 0 aliphatic heterocycles. The summed E-state index contributed by atoms with van der Waals surface area (Å²) in [4.78, 5) is 35.6. The van der Waals surface area contributed by atoms with Crippen molar-refractivity contribution >= 4 is 17.5 Å². The zero-order valence-electron chi connectivity index (χ0n) is 16.3. The van der Waals surface area contributed by atoms with E-state index in [1.54, 1.807) is 49.7 Å². The fourth-order valence-corrected chi connectivity index (χ4v) is 2.66. The molecule has 0 amide bonds. The van der Waals surface area contributed by atoms with Gasteiger partial charge in [-0.1, -0.05) is 24.3 Å². The number of carbonyl (C=O) groups excluding carboxylic acids is 3. The molecule has 2 rings (SSSR count). The summed E-state index contributed by atoms with van der Waals surface area (Å²) in [5, 5.41) is 6.14. The molecule has 1 radical (unpaired) electrons. The Kier molecular flexibility index (Phi) is 11.4. The molecule has 0 aromatic carbocycles. The molecule has 0 saturated heterocycles. The van der Waals surface area contributed by atoms with E-state index >= 15 is 0 Å². The van der Waals surface area contributed by atoms with Crippen molar-refractivity contribution in [2.75, 3.05) is 13.2 Å². The van der Waals surface area contributed by atoms with Crippen molar-refractivity contribution < 1.29 is 36.2 Å². The zero-order chi connectivity index (χ0) is 20.2. The molecule has 0 fully saturated rings. The van der Waals surface area contributed by atoms with Gasteiger partial charge in [-0.2, -0.15) is 0 Å². The number of allylic oxidation sites excluding steroid dienone is 10. The first kappa shape index (κ1) is 24.4. The van der Waals surface area contributed by atoms with Crippen molar-refractivity contribution in [2.45, 2.75) is 32.2 Å². The molecule has 1 atom stereocenters. The molecule has 0 bridgehead atoms. The fourth-order valence-electron chi connectivity index (χ4n) is 2.66. The number of hydrogen-bond donors (Lipinski definition) is 2. The summed E-state index contributed by atoms with van der Waals surface area (Å²) < 4.78 is 5.12. The number of ketones is 2. The summed E-state index contributed by atoms with van der Waals surface area (Å²) in [7, 11) is 0. The molecule has 0 heterocycles. The minimum absolute atomic E-state index is 0. The van der Waals surface area contributed by atoms with Gasteiger partial charge in [-0.25, -0.2) is 4.79 Å². The van der Waals surface area contributed by atoms with Crippen LogP contribution in [0.5, 0.6) is 0 Å². The predicted molar refractivity (Wildman–Crippen MR) is 108 cm³/mol. The first-order chi connectivity index (χ1) is 13.6. The van der Waals surface area contributed by atoms with Gasteiger partial charge in [0.2, 0.25) is 0 Å². The Morgan fingerprint density at radius 2 is 1.55 bits per heavy atom. The van der Waals surface area contributed by atoms with Gasteiger partial charge < -0.3 is 15.4 Å². The molecule has 2 aliphatic rings. The van der Waals surface area contributed by atoms with E-state index in [0.29, 0.717) is 30.7 Å². The molecule has 0 saturated carbocycles. The van der Waals surface area contributed by atoms with Crippen LogP contribution in [0.1, 0.15) is 26.2 Å². The summed E-state index contributed by atoms with van der Waals surface area (Å²) in [6.07, 6.45) is 18.9. The van der Waals surface area contributed by atoms with E-state index in [1.807, 2.05) is 6.08 Å². The number of hydrogen-bond acceptors (Lipinski definition) is 6. The topological polar surface area (TPSA) is 84.5 Å². The van der Waals surface area contributed by atoms with Crippen molar-refractivity contribution in [3.8, 4) is 0 Å². The second kappa shape index (κ2) is 13.5. The minimum Gasteiger partial charge on any atom is -0.464 e. The largest absolute Gasteiger partial charge is 0.464 e. The number of esters is 1. The van der Waals surface area contributed by atoms with Crippen LogP contribution in [0.25, 0.3) is 0 Å². The van der Waals surface area contributed by atoms with Crippen LogP contribution in [0, 0.1) is 0 Å². The monoisotopic (exact) mass is 445 g/mol. The van der Waals surface area contributed by atoms with Gasteiger partial charge in [0, 0.05) is 47.2 Å². The van der Waals surface area contributed by atoms with Gasteiger partial charge in [-0.05, 0) is 50.5 Å². The van der Waals surface area contributed by atoms with E-state index in [0.717, 1.165) is 12.8 Å². The van der Waals surface area contributed by atoms with Crippen LogP contribution >= 0.6 is 0 Å². The quantitative estimate of drug-likeness (QED) is 0.232. The van der Waals surface area contributed by atoms with Crippen LogP contribution in [-0.4, -0.2) is 36.7 Å². The molecule has 159 valence electrons. The molecule has 7 heteroatoms. The Balaban J connectivity index is 0.00000420. The van der Waals surface area contributed by atoms with Gasteiger partial charge in [0.15, 0.2) is 11.6 Å². The van der Waals surface area contributed by atoms with Gasteiger partial charge in [0.1, 0.15) is 6.04 Å². The number of nitrogens with one attached hydrogen (secondary N) is 2. The van der Waals surface area contributed by atoms with Gasteiger partial charge in [-0.3, -0.25) is 9.59 Å². The van der Waals surface area contributed by atoms with Crippen molar-refractivity contribution in [3.63, 3.8) is 0 Å². The molecule has 1 unspecified atom stereocenters. The minimum atomic E-state index is -0.508. The van der Waals surface area contributed by atoms with Crippen LogP contribution in [0.15, 0.2) is 72.2 Å². The van der Waals surface area contributed by atoms with Gasteiger partial charge in [-0.15, -0.1) is 0 Å². The van der Waals surface area contributed by atoms with Gasteiger partial charge in [0.25, 0.3) is 0 Å². The molecule has 0 spiro atoms. The smallest absolute Gasteiger partial charge is 0.328 e. The molecule has 6 nitrogen and oxygen atoms in total. The molecule has 2 N–H and O–H groups in total. The number of rotatable bonds is 10. The molecule has 0 aromatic heterocycles. The average Bonchev–Trinajstić information content (AvgIpc) is 2.69. The van der Waals surface area contributed by atoms with E-state index in [9.17, 15) is 14.4 Å². The van der Waals surface area contributed by atoms with E-state index in [2.05, 4.69) is 10.6 Å². The van der Waals surface area contributed by atoms with E-state index in [1.165, 1.54) is 12.2 Å². The zero-order valence-corrected chi connectivity index (χ0v) is 17.3. The van der Waals surface area contributed by atoms with Crippen molar-refractivity contribution in [3.05, 3.63) is 72.2 Å². The Morgan fingerprint density at radius 3 is 2.14 bits per heavy atom. The average molecular weight is 446 g/mol. The molecular formula is C22H26CuN2O4. The molecular weight excluding hydrogens is 420 g/mol. The fraction of sp³-hybridized carbons (Fsp3) is 0.318. The normalized spacial score (nSPS) is 18.7. The predicted octanol–water partition coefficient (Wildman–Crippen LogP) is 2.42. The maximum Gasteiger partial charge on any atom is 0.328 e. The van der Waals surface area contributed by atoms with E-state index < -0.39 is 6.04 Å². The maximum absolute atomic E-state index is 12.2. The summed E-state index contributed by atoms with van der Waals surface area (Å²) in [5.41, 5.74) is 1.13. The molecule has 0 aromatic rings. The third-order valence-corrected chi connectivity index (χ3v) is 4.17. The summed E-state index contributed by atoms with van der Waals surface area (Å²) in [5.74, 6) is -0.450. The van der Waals surface area contributed by atoms with Crippen LogP contribution in [-0.2, 0) is 36.2 Å². The Bertz CT molecular complexity index is 776. The molecule has 29 heavy (non-hydrogen) atoms. The second-order valence-electron chi connectivity index (χ2n) is 6.29. The second-order valence-corrected chi connectivity index (χ2v) is 6.29. The van der Waals surface area contributed by atoms with Gasteiger partial charge in [0.05, 0.1) is 6.61 Å². The van der Waals surface area contributed by atoms with Crippen LogP contribution in [0.2, 0.25) is 0 Å². The third kappa shape index (κ3) is 8.50. The Labute approximate surface area is 182 Å². The Morgan fingerprint density at radius 1 is 0.966 bits per heavy atom. The maximum atomic E-state index is 12.2. The number of unbranched alkanes of at least 4 members (excludes halogenated alkanes) is 1. The Hall–Kier alpha value is -2.63. The number of carbonyl (C=O) groups is 3. The first-order valence-corrected chi connectivity index (χ1v) is 9.46. The van der Waals surface area contributed by atoms with Crippen LogP contribution < -0.4 is 10.6 Å². The molecule has 2 aliphatic carbocycles. The van der Waals surface area contributed by atoms with Crippen LogP contribution in [0.4, 0.5) is 0 Å². The van der Waals surface area contributed by atoms with E-state index in [-0.39, 0.29) is 34.6 Å². The van der Waals surface area contributed by atoms with Gasteiger partial charge >= 0.3 is 5.97 Å². The van der Waals surface area contributed by atoms with Crippen molar-refractivity contribution in [2.24, 2.45) is 0 Å². The van der Waals surface area contributed by atoms with Crippen molar-refractivity contribution in [1.82, 2.24) is 10.6 Å².